The van der Waals surface area contributed by atoms with E-state index in [0.29, 0.717) is 19.8 Å². The summed E-state index contributed by atoms with van der Waals surface area (Å²) >= 11 is 0. The van der Waals surface area contributed by atoms with E-state index in [1.807, 2.05) is 0 Å². The summed E-state index contributed by atoms with van der Waals surface area (Å²) < 4.78 is 22.4. The Morgan fingerprint density at radius 1 is 1.15 bits per heavy atom. The van der Waals surface area contributed by atoms with Crippen molar-refractivity contribution >= 4 is 0 Å². The fourth-order valence-corrected chi connectivity index (χ4v) is 2.38. The minimum absolute atomic E-state index is 0.288. The Kier molecular flexibility index (Phi) is 7.99. The summed E-state index contributed by atoms with van der Waals surface area (Å²) in [7, 11) is 1.53. The third-order valence-electron chi connectivity index (χ3n) is 3.62. The summed E-state index contributed by atoms with van der Waals surface area (Å²) in [5, 5.41) is 10.6. The molecule has 1 fully saturated rings. The van der Waals surface area contributed by atoms with Crippen LogP contribution in [0, 0.1) is 0 Å². The molecule has 4 atom stereocenters. The zero-order chi connectivity index (χ0) is 15.0. The van der Waals surface area contributed by atoms with E-state index < -0.39 is 18.0 Å². The van der Waals surface area contributed by atoms with Crippen molar-refractivity contribution in [2.75, 3.05) is 26.9 Å². The fourth-order valence-electron chi connectivity index (χ4n) is 2.38. The maximum atomic E-state index is 10.6. The van der Waals surface area contributed by atoms with Gasteiger partial charge in [-0.25, -0.2) is 0 Å². The SMILES string of the molecule is CCCCOC[C@H]1O[C@@H](OC)[C@@](C)(O)C1OCCCC. The Hall–Kier alpha value is -0.200. The monoisotopic (exact) mass is 290 g/mol. The maximum Gasteiger partial charge on any atom is 0.188 e. The molecule has 1 N–H and O–H groups in total. The normalized spacial score (nSPS) is 33.8. The molecule has 120 valence electrons. The summed E-state index contributed by atoms with van der Waals surface area (Å²) in [5.74, 6) is 0. The second kappa shape index (κ2) is 8.95. The third-order valence-corrected chi connectivity index (χ3v) is 3.62. The van der Waals surface area contributed by atoms with Crippen molar-refractivity contribution in [3.8, 4) is 0 Å². The van der Waals surface area contributed by atoms with E-state index in [0.717, 1.165) is 25.7 Å². The van der Waals surface area contributed by atoms with E-state index in [9.17, 15) is 5.11 Å². The highest BCUT2D eigenvalue weighted by Crippen LogP contribution is 2.34. The summed E-state index contributed by atoms with van der Waals surface area (Å²) in [6.45, 7) is 7.67. The van der Waals surface area contributed by atoms with Gasteiger partial charge in [0.25, 0.3) is 0 Å². The van der Waals surface area contributed by atoms with Crippen molar-refractivity contribution in [1.82, 2.24) is 0 Å². The highest BCUT2D eigenvalue weighted by molar-refractivity contribution is 4.98. The molecule has 0 amide bonds. The first-order valence-corrected chi connectivity index (χ1v) is 7.67. The molecule has 0 spiro atoms. The van der Waals surface area contributed by atoms with E-state index >= 15 is 0 Å². The van der Waals surface area contributed by atoms with Gasteiger partial charge in [0.15, 0.2) is 6.29 Å². The quantitative estimate of drug-likeness (QED) is 0.625. The molecule has 1 unspecified atom stereocenters. The lowest BCUT2D eigenvalue weighted by molar-refractivity contribution is -0.189. The van der Waals surface area contributed by atoms with Gasteiger partial charge in [0.05, 0.1) is 6.61 Å². The van der Waals surface area contributed by atoms with Gasteiger partial charge in [-0.2, -0.15) is 0 Å². The van der Waals surface area contributed by atoms with Gasteiger partial charge in [-0.1, -0.05) is 26.7 Å². The zero-order valence-electron chi connectivity index (χ0n) is 13.3. The van der Waals surface area contributed by atoms with Crippen LogP contribution in [-0.2, 0) is 18.9 Å². The molecule has 1 rings (SSSR count). The molecule has 0 saturated carbocycles. The van der Waals surface area contributed by atoms with Gasteiger partial charge in [0.1, 0.15) is 17.8 Å². The van der Waals surface area contributed by atoms with Crippen LogP contribution in [0.1, 0.15) is 46.5 Å². The zero-order valence-corrected chi connectivity index (χ0v) is 13.3. The average molecular weight is 290 g/mol. The van der Waals surface area contributed by atoms with Crippen molar-refractivity contribution < 1.29 is 24.1 Å². The molecular formula is C15H30O5. The minimum atomic E-state index is -1.15. The number of rotatable bonds is 10. The molecule has 20 heavy (non-hydrogen) atoms. The first kappa shape index (κ1) is 17.9. The molecule has 0 aromatic carbocycles. The van der Waals surface area contributed by atoms with E-state index in [4.69, 9.17) is 18.9 Å². The number of hydrogen-bond donors (Lipinski definition) is 1. The highest BCUT2D eigenvalue weighted by atomic mass is 16.7. The molecule has 0 aliphatic carbocycles. The lowest BCUT2D eigenvalue weighted by Crippen LogP contribution is -2.48. The third kappa shape index (κ3) is 4.67. The Bertz CT molecular complexity index is 257. The number of ether oxygens (including phenoxy) is 4. The summed E-state index contributed by atoms with van der Waals surface area (Å²) in [6, 6.07) is 0. The molecular weight excluding hydrogens is 260 g/mol. The predicted molar refractivity (Wildman–Crippen MR) is 76.7 cm³/mol. The smallest absolute Gasteiger partial charge is 0.188 e. The molecule has 5 nitrogen and oxygen atoms in total. The Balaban J connectivity index is 2.54. The molecule has 1 aliphatic heterocycles. The van der Waals surface area contributed by atoms with Gasteiger partial charge < -0.3 is 24.1 Å². The predicted octanol–water partition coefficient (Wildman–Crippen LogP) is 2.11. The molecule has 1 heterocycles. The molecule has 0 radical (unpaired) electrons. The van der Waals surface area contributed by atoms with Gasteiger partial charge in [-0.05, 0) is 19.8 Å². The van der Waals surface area contributed by atoms with Crippen molar-refractivity contribution in [2.45, 2.75) is 70.6 Å². The number of methoxy groups -OCH3 is 1. The van der Waals surface area contributed by atoms with Crippen molar-refractivity contribution in [3.63, 3.8) is 0 Å². The maximum absolute atomic E-state index is 10.6. The van der Waals surface area contributed by atoms with Crippen LogP contribution in [0.3, 0.4) is 0 Å². The van der Waals surface area contributed by atoms with E-state index in [2.05, 4.69) is 13.8 Å². The van der Waals surface area contributed by atoms with E-state index in [1.54, 1.807) is 6.92 Å². The lowest BCUT2D eigenvalue weighted by Gasteiger charge is -2.29. The Morgan fingerprint density at radius 2 is 1.80 bits per heavy atom. The van der Waals surface area contributed by atoms with Gasteiger partial charge >= 0.3 is 0 Å². The number of unbranched alkanes of at least 4 members (excludes halogenated alkanes) is 2. The van der Waals surface area contributed by atoms with Gasteiger partial charge in [-0.3, -0.25) is 0 Å². The molecule has 0 bridgehead atoms. The van der Waals surface area contributed by atoms with Gasteiger partial charge in [0.2, 0.25) is 0 Å². The number of hydrogen-bond acceptors (Lipinski definition) is 5. The van der Waals surface area contributed by atoms with Crippen molar-refractivity contribution in [3.05, 3.63) is 0 Å². The topological polar surface area (TPSA) is 57.2 Å². The molecule has 0 aromatic rings. The Morgan fingerprint density at radius 3 is 2.40 bits per heavy atom. The Labute approximate surface area is 122 Å². The van der Waals surface area contributed by atoms with Crippen LogP contribution < -0.4 is 0 Å². The number of aliphatic hydroxyl groups is 1. The van der Waals surface area contributed by atoms with Crippen LogP contribution in [-0.4, -0.2) is 56.1 Å². The van der Waals surface area contributed by atoms with Gasteiger partial charge in [0, 0.05) is 20.3 Å². The second-order valence-electron chi connectivity index (χ2n) is 5.54. The molecule has 0 aromatic heterocycles. The second-order valence-corrected chi connectivity index (χ2v) is 5.54. The van der Waals surface area contributed by atoms with E-state index in [-0.39, 0.29) is 6.10 Å². The van der Waals surface area contributed by atoms with Crippen LogP contribution >= 0.6 is 0 Å². The van der Waals surface area contributed by atoms with Crippen molar-refractivity contribution in [1.29, 1.82) is 0 Å². The van der Waals surface area contributed by atoms with E-state index in [1.165, 1.54) is 7.11 Å². The molecule has 1 aliphatic rings. The minimum Gasteiger partial charge on any atom is -0.382 e. The first-order chi connectivity index (χ1) is 9.57. The van der Waals surface area contributed by atoms with Crippen molar-refractivity contribution in [2.24, 2.45) is 0 Å². The largest absolute Gasteiger partial charge is 0.382 e. The molecule has 1 saturated heterocycles. The van der Waals surface area contributed by atoms with Crippen LogP contribution in [0.4, 0.5) is 0 Å². The van der Waals surface area contributed by atoms with Crippen LogP contribution in [0.15, 0.2) is 0 Å². The fraction of sp³-hybridized carbons (Fsp3) is 1.00. The first-order valence-electron chi connectivity index (χ1n) is 7.67. The summed E-state index contributed by atoms with van der Waals surface area (Å²) in [4.78, 5) is 0. The standard InChI is InChI=1S/C15H30O5/c1-5-7-9-18-11-12-13(19-10-8-6-2)15(3,16)14(17-4)20-12/h12-14,16H,5-11H2,1-4H3/t12-,13?,14-,15+/m1/s1. The lowest BCUT2D eigenvalue weighted by atomic mass is 9.97. The highest BCUT2D eigenvalue weighted by Gasteiger charge is 2.54. The summed E-state index contributed by atoms with van der Waals surface area (Å²) in [6.07, 6.45) is 2.77. The molecule has 5 heteroatoms. The van der Waals surface area contributed by atoms with Gasteiger partial charge in [-0.15, -0.1) is 0 Å². The average Bonchev–Trinajstić information content (AvgIpc) is 2.66. The van der Waals surface area contributed by atoms with Crippen LogP contribution in [0.5, 0.6) is 0 Å². The summed E-state index contributed by atoms with van der Waals surface area (Å²) in [5.41, 5.74) is -1.15. The van der Waals surface area contributed by atoms with Crippen LogP contribution in [0.25, 0.3) is 0 Å². The van der Waals surface area contributed by atoms with Crippen LogP contribution in [0.2, 0.25) is 0 Å².